The Kier molecular flexibility index (Phi) is 4.44. The Morgan fingerprint density at radius 1 is 1.08 bits per heavy atom. The van der Waals surface area contributed by atoms with Crippen LogP contribution in [0.1, 0.15) is 23.2 Å². The van der Waals surface area contributed by atoms with Gasteiger partial charge in [-0.2, -0.15) is 4.98 Å². The van der Waals surface area contributed by atoms with Crippen molar-refractivity contribution in [2.24, 2.45) is 0 Å². The van der Waals surface area contributed by atoms with E-state index in [-0.39, 0.29) is 0 Å². The third-order valence-electron chi connectivity index (χ3n) is 4.68. The number of hydrogen-bond acceptors (Lipinski definition) is 5. The first kappa shape index (κ1) is 16.4. The molecule has 132 valence electrons. The topological polar surface area (TPSA) is 67.1 Å². The van der Waals surface area contributed by atoms with Crippen molar-refractivity contribution in [3.63, 3.8) is 0 Å². The molecular weight excluding hydrogens is 322 g/mol. The lowest BCUT2D eigenvalue weighted by Crippen LogP contribution is -2.29. The van der Waals surface area contributed by atoms with Crippen molar-refractivity contribution in [1.82, 2.24) is 9.97 Å². The third-order valence-corrected chi connectivity index (χ3v) is 4.68. The fraction of sp³-hybridized carbons (Fsp3) is 0.238. The molecule has 0 radical (unpaired) electrons. The smallest absolute Gasteiger partial charge is 0.222 e. The number of benzene rings is 2. The lowest BCUT2D eigenvalue weighted by atomic mass is 10.0. The Labute approximate surface area is 153 Å². The zero-order valence-corrected chi connectivity index (χ0v) is 14.9. The van der Waals surface area contributed by atoms with Crippen LogP contribution in [0.5, 0.6) is 0 Å². The molecule has 0 saturated heterocycles. The minimum atomic E-state index is 0.294. The molecule has 3 N–H and O–H groups in total. The Bertz CT molecular complexity index is 905. The van der Waals surface area contributed by atoms with Gasteiger partial charge < -0.3 is 16.0 Å². The molecule has 0 unspecified atom stereocenters. The molecule has 2 heterocycles. The number of anilines is 4. The number of nitrogen functional groups attached to an aromatic ring is 1. The van der Waals surface area contributed by atoms with Crippen molar-refractivity contribution >= 4 is 23.1 Å². The number of rotatable bonds is 4. The van der Waals surface area contributed by atoms with Gasteiger partial charge in [0.1, 0.15) is 5.82 Å². The maximum absolute atomic E-state index is 5.96. The van der Waals surface area contributed by atoms with Gasteiger partial charge in [-0.3, -0.25) is 0 Å². The lowest BCUT2D eigenvalue weighted by molar-refractivity contribution is 0.683. The zero-order valence-electron chi connectivity index (χ0n) is 14.9. The van der Waals surface area contributed by atoms with Gasteiger partial charge >= 0.3 is 0 Å². The van der Waals surface area contributed by atoms with Crippen LogP contribution in [0.25, 0.3) is 0 Å². The van der Waals surface area contributed by atoms with Crippen LogP contribution < -0.4 is 16.0 Å². The van der Waals surface area contributed by atoms with Crippen molar-refractivity contribution in [2.45, 2.75) is 26.3 Å². The molecule has 0 atom stereocenters. The first-order valence-electron chi connectivity index (χ1n) is 8.97. The molecule has 0 spiro atoms. The highest BCUT2D eigenvalue weighted by Crippen LogP contribution is 2.28. The fourth-order valence-corrected chi connectivity index (χ4v) is 3.42. The summed E-state index contributed by atoms with van der Waals surface area (Å²) in [5.41, 5.74) is 11.8. The first-order valence-corrected chi connectivity index (χ1v) is 8.97. The molecule has 2 aromatic carbocycles. The van der Waals surface area contributed by atoms with Crippen LogP contribution in [0.4, 0.5) is 23.1 Å². The molecule has 0 fully saturated rings. The van der Waals surface area contributed by atoms with Crippen molar-refractivity contribution in [1.29, 1.82) is 0 Å². The molecule has 1 aliphatic heterocycles. The van der Waals surface area contributed by atoms with E-state index in [2.05, 4.69) is 63.5 Å². The molecular formula is C21H23N5. The van der Waals surface area contributed by atoms with E-state index >= 15 is 0 Å². The van der Waals surface area contributed by atoms with E-state index in [1.54, 1.807) is 0 Å². The molecule has 0 bridgehead atoms. The second-order valence-electron chi connectivity index (χ2n) is 6.75. The highest BCUT2D eigenvalue weighted by molar-refractivity contribution is 5.59. The number of para-hydroxylation sites is 1. The average molecular weight is 345 g/mol. The molecule has 4 rings (SSSR count). The zero-order chi connectivity index (χ0) is 17.9. The van der Waals surface area contributed by atoms with Gasteiger partial charge in [0.25, 0.3) is 0 Å². The lowest BCUT2D eigenvalue weighted by Gasteiger charge is -2.31. The highest BCUT2D eigenvalue weighted by atomic mass is 15.2. The molecule has 5 heteroatoms. The van der Waals surface area contributed by atoms with Crippen molar-refractivity contribution in [3.05, 3.63) is 71.4 Å². The second kappa shape index (κ2) is 7.04. The number of nitrogens with one attached hydrogen (secondary N) is 1. The average Bonchev–Trinajstić information content (AvgIpc) is 2.64. The summed E-state index contributed by atoms with van der Waals surface area (Å²) in [5, 5.41) is 3.32. The SMILES string of the molecule is Cc1ccc(Nc2cc(CN3CCCc4ccccc43)nc(N)n2)cc1. The van der Waals surface area contributed by atoms with E-state index in [0.717, 1.165) is 43.1 Å². The second-order valence-corrected chi connectivity index (χ2v) is 6.75. The summed E-state index contributed by atoms with van der Waals surface area (Å²) in [4.78, 5) is 11.1. The molecule has 5 nitrogen and oxygen atoms in total. The van der Waals surface area contributed by atoms with Crippen LogP contribution in [0, 0.1) is 6.92 Å². The standard InChI is InChI=1S/C21H23N5/c1-15-8-10-17(11-9-15)23-20-13-18(24-21(22)25-20)14-26-12-4-6-16-5-2-3-7-19(16)26/h2-3,5,7-11,13H,4,6,12,14H2,1H3,(H3,22,23,24,25). The Morgan fingerprint density at radius 2 is 1.88 bits per heavy atom. The summed E-state index contributed by atoms with van der Waals surface area (Å²) in [6.07, 6.45) is 2.30. The third kappa shape index (κ3) is 3.61. The number of aromatic nitrogens is 2. The van der Waals surface area contributed by atoms with E-state index in [0.29, 0.717) is 5.95 Å². The number of fused-ring (bicyclic) bond motifs is 1. The summed E-state index contributed by atoms with van der Waals surface area (Å²) in [7, 11) is 0. The van der Waals surface area contributed by atoms with Crippen LogP contribution in [0.2, 0.25) is 0 Å². The van der Waals surface area contributed by atoms with Gasteiger partial charge in [0.05, 0.1) is 12.2 Å². The van der Waals surface area contributed by atoms with Gasteiger partial charge in [0, 0.05) is 24.0 Å². The maximum atomic E-state index is 5.96. The summed E-state index contributed by atoms with van der Waals surface area (Å²) in [6.45, 7) is 3.83. The van der Waals surface area contributed by atoms with Crippen LogP contribution in [-0.4, -0.2) is 16.5 Å². The molecule has 0 saturated carbocycles. The van der Waals surface area contributed by atoms with Gasteiger partial charge in [0.2, 0.25) is 5.95 Å². The highest BCUT2D eigenvalue weighted by Gasteiger charge is 2.17. The number of nitrogens with two attached hydrogens (primary N) is 1. The van der Waals surface area contributed by atoms with E-state index < -0.39 is 0 Å². The van der Waals surface area contributed by atoms with Crippen LogP contribution in [0.15, 0.2) is 54.6 Å². The first-order chi connectivity index (χ1) is 12.7. The van der Waals surface area contributed by atoms with E-state index in [1.165, 1.54) is 16.8 Å². The Hall–Kier alpha value is -3.08. The number of aryl methyl sites for hydroxylation is 2. The molecule has 26 heavy (non-hydrogen) atoms. The molecule has 3 aromatic rings. The van der Waals surface area contributed by atoms with E-state index in [4.69, 9.17) is 5.73 Å². The van der Waals surface area contributed by atoms with Crippen molar-refractivity contribution in [3.8, 4) is 0 Å². The normalized spacial score (nSPS) is 13.3. The van der Waals surface area contributed by atoms with E-state index in [1.807, 2.05) is 18.2 Å². The molecule has 0 amide bonds. The van der Waals surface area contributed by atoms with Crippen LogP contribution in [0.3, 0.4) is 0 Å². The van der Waals surface area contributed by atoms with Gasteiger partial charge in [-0.05, 0) is 43.5 Å². The van der Waals surface area contributed by atoms with Gasteiger partial charge in [-0.25, -0.2) is 4.98 Å². The molecule has 0 aliphatic carbocycles. The van der Waals surface area contributed by atoms with Crippen LogP contribution >= 0.6 is 0 Å². The van der Waals surface area contributed by atoms with Crippen molar-refractivity contribution in [2.75, 3.05) is 22.5 Å². The summed E-state index contributed by atoms with van der Waals surface area (Å²) in [5.74, 6) is 1.02. The van der Waals surface area contributed by atoms with E-state index in [9.17, 15) is 0 Å². The molecule has 1 aliphatic rings. The minimum absolute atomic E-state index is 0.294. The summed E-state index contributed by atoms with van der Waals surface area (Å²) in [6, 6.07) is 18.8. The monoisotopic (exact) mass is 345 g/mol. The van der Waals surface area contributed by atoms with Crippen molar-refractivity contribution < 1.29 is 0 Å². The predicted molar refractivity (Wildman–Crippen MR) is 107 cm³/mol. The summed E-state index contributed by atoms with van der Waals surface area (Å²) >= 11 is 0. The minimum Gasteiger partial charge on any atom is -0.368 e. The van der Waals surface area contributed by atoms with Crippen LogP contribution in [-0.2, 0) is 13.0 Å². The summed E-state index contributed by atoms with van der Waals surface area (Å²) < 4.78 is 0. The Morgan fingerprint density at radius 3 is 2.73 bits per heavy atom. The van der Waals surface area contributed by atoms with Gasteiger partial charge in [0.15, 0.2) is 0 Å². The quantitative estimate of drug-likeness (QED) is 0.746. The Balaban J connectivity index is 1.56. The predicted octanol–water partition coefficient (Wildman–Crippen LogP) is 4.06. The van der Waals surface area contributed by atoms with Gasteiger partial charge in [-0.1, -0.05) is 35.9 Å². The van der Waals surface area contributed by atoms with Gasteiger partial charge in [-0.15, -0.1) is 0 Å². The molecule has 1 aromatic heterocycles. The number of nitrogens with zero attached hydrogens (tertiary/aromatic N) is 3. The largest absolute Gasteiger partial charge is 0.368 e. The number of hydrogen-bond donors (Lipinski definition) is 2. The fourth-order valence-electron chi connectivity index (χ4n) is 3.42. The maximum Gasteiger partial charge on any atom is 0.222 e.